The van der Waals surface area contributed by atoms with Crippen LogP contribution in [0, 0.1) is 5.95 Å². The zero-order chi connectivity index (χ0) is 24.5. The van der Waals surface area contributed by atoms with E-state index in [-0.39, 0.29) is 24.3 Å². The number of nitrogens with zero attached hydrogens (tertiary/aromatic N) is 7. The number of ether oxygens (including phenoxy) is 1. The Morgan fingerprint density at radius 3 is 2.86 bits per heavy atom. The van der Waals surface area contributed by atoms with Crippen LogP contribution in [0.5, 0.6) is 0 Å². The Morgan fingerprint density at radius 1 is 1.29 bits per heavy atom. The number of halogens is 1. The predicted molar refractivity (Wildman–Crippen MR) is 128 cm³/mol. The maximum absolute atomic E-state index is 13.3. The van der Waals surface area contributed by atoms with Gasteiger partial charge in [-0.15, -0.1) is 5.10 Å². The number of hydrogen-bond acceptors (Lipinski definition) is 8. The molecule has 0 unspecified atom stereocenters. The molecule has 5 rings (SSSR count). The predicted octanol–water partition coefficient (Wildman–Crippen LogP) is 3.19. The highest BCUT2D eigenvalue weighted by Crippen LogP contribution is 2.29. The van der Waals surface area contributed by atoms with E-state index in [2.05, 4.69) is 34.2 Å². The third-order valence-electron chi connectivity index (χ3n) is 6.22. The second kappa shape index (κ2) is 9.41. The van der Waals surface area contributed by atoms with Crippen molar-refractivity contribution in [1.82, 2.24) is 29.1 Å². The van der Waals surface area contributed by atoms with Gasteiger partial charge in [0.25, 0.3) is 0 Å². The molecule has 4 aromatic heterocycles. The highest BCUT2D eigenvalue weighted by molar-refractivity contribution is 5.89. The standard InChI is InChI=1S/C24H27FN8O2/c1-15(2)31-13-22(27-14-31)28-23-18-5-4-8-33(18)30-24(29-23)32-12-17(35-3)10-19(32)20(34)9-16-6-7-21(25)26-11-16/h4-8,11,13-15,17,19H,9-10,12H2,1-3H3,(H,28,29,30)/t17-,19-/m0/s1. The molecule has 1 aliphatic heterocycles. The summed E-state index contributed by atoms with van der Waals surface area (Å²) in [6, 6.07) is 6.44. The molecule has 0 aromatic carbocycles. The van der Waals surface area contributed by atoms with Crippen LogP contribution in [0.4, 0.5) is 22.0 Å². The summed E-state index contributed by atoms with van der Waals surface area (Å²) in [5.41, 5.74) is 1.44. The SMILES string of the molecule is CO[C@H]1C[C@@H](C(=O)Cc2ccc(F)nc2)N(c2nc(Nc3cn(C(C)C)cn3)c3cccn3n2)C1. The van der Waals surface area contributed by atoms with E-state index in [1.54, 1.807) is 24.0 Å². The maximum Gasteiger partial charge on any atom is 0.246 e. The van der Waals surface area contributed by atoms with Gasteiger partial charge in [-0.25, -0.2) is 14.5 Å². The molecule has 0 radical (unpaired) electrons. The zero-order valence-electron chi connectivity index (χ0n) is 19.8. The number of rotatable bonds is 8. The van der Waals surface area contributed by atoms with Crippen molar-refractivity contribution in [3.8, 4) is 0 Å². The van der Waals surface area contributed by atoms with Crippen molar-refractivity contribution in [2.24, 2.45) is 0 Å². The van der Waals surface area contributed by atoms with E-state index in [1.165, 1.54) is 12.3 Å². The Kier molecular flexibility index (Phi) is 6.16. The Labute approximate surface area is 201 Å². The summed E-state index contributed by atoms with van der Waals surface area (Å²) in [5, 5.41) is 7.97. The van der Waals surface area contributed by atoms with Gasteiger partial charge in [0.15, 0.2) is 11.6 Å². The average Bonchev–Trinajstić information content (AvgIpc) is 3.59. The van der Waals surface area contributed by atoms with Crippen molar-refractivity contribution >= 4 is 28.9 Å². The van der Waals surface area contributed by atoms with Crippen LogP contribution in [0.1, 0.15) is 31.9 Å². The quantitative estimate of drug-likeness (QED) is 0.385. The number of hydrogen-bond donors (Lipinski definition) is 1. The summed E-state index contributed by atoms with van der Waals surface area (Å²) >= 11 is 0. The largest absolute Gasteiger partial charge is 0.380 e. The molecule has 0 bridgehead atoms. The maximum atomic E-state index is 13.3. The molecular weight excluding hydrogens is 451 g/mol. The fourth-order valence-electron chi connectivity index (χ4n) is 4.27. The molecule has 0 aliphatic carbocycles. The highest BCUT2D eigenvalue weighted by Gasteiger charge is 2.38. The van der Waals surface area contributed by atoms with Crippen LogP contribution in [0.15, 0.2) is 49.2 Å². The van der Waals surface area contributed by atoms with Gasteiger partial charge in [0.1, 0.15) is 11.3 Å². The molecule has 2 atom stereocenters. The lowest BCUT2D eigenvalue weighted by Gasteiger charge is -2.24. The molecule has 35 heavy (non-hydrogen) atoms. The Bertz CT molecular complexity index is 1330. The second-order valence-corrected chi connectivity index (χ2v) is 8.92. The van der Waals surface area contributed by atoms with Crippen LogP contribution in [-0.2, 0) is 16.0 Å². The molecule has 1 N–H and O–H groups in total. The molecule has 1 fully saturated rings. The van der Waals surface area contributed by atoms with Gasteiger partial charge in [-0.1, -0.05) is 6.07 Å². The van der Waals surface area contributed by atoms with Crippen LogP contribution < -0.4 is 10.2 Å². The van der Waals surface area contributed by atoms with Gasteiger partial charge in [-0.2, -0.15) is 9.37 Å². The molecule has 1 saturated heterocycles. The fraction of sp³-hybridized carbons (Fsp3) is 0.375. The van der Waals surface area contributed by atoms with Gasteiger partial charge in [0.2, 0.25) is 11.9 Å². The first-order chi connectivity index (χ1) is 16.9. The number of imidazole rings is 1. The van der Waals surface area contributed by atoms with Gasteiger partial charge in [-0.3, -0.25) is 4.79 Å². The monoisotopic (exact) mass is 478 g/mol. The third-order valence-corrected chi connectivity index (χ3v) is 6.22. The molecule has 10 nitrogen and oxygen atoms in total. The fourth-order valence-corrected chi connectivity index (χ4v) is 4.27. The highest BCUT2D eigenvalue weighted by atomic mass is 19.1. The summed E-state index contributed by atoms with van der Waals surface area (Å²) in [7, 11) is 1.63. The molecule has 11 heteroatoms. The number of carbonyl (C=O) groups is 1. The molecule has 5 heterocycles. The topological polar surface area (TPSA) is 102 Å². The number of ketones is 1. The van der Waals surface area contributed by atoms with E-state index in [9.17, 15) is 9.18 Å². The lowest BCUT2D eigenvalue weighted by molar-refractivity contribution is -0.119. The number of Topliss-reactive ketones (excluding diaryl/α,β-unsaturated/α-hetero) is 1. The lowest BCUT2D eigenvalue weighted by atomic mass is 10.0. The van der Waals surface area contributed by atoms with E-state index in [4.69, 9.17) is 9.72 Å². The van der Waals surface area contributed by atoms with E-state index in [1.807, 2.05) is 34.0 Å². The van der Waals surface area contributed by atoms with Crippen LogP contribution in [-0.4, -0.2) is 60.7 Å². The number of fused-ring (bicyclic) bond motifs is 1. The summed E-state index contributed by atoms with van der Waals surface area (Å²) in [6.45, 7) is 4.64. The normalized spacial score (nSPS) is 18.0. The third kappa shape index (κ3) is 4.72. The van der Waals surface area contributed by atoms with Gasteiger partial charge < -0.3 is 19.5 Å². The molecular formula is C24H27FN8O2. The summed E-state index contributed by atoms with van der Waals surface area (Å²) < 4.78 is 22.5. The van der Waals surface area contributed by atoms with Crippen LogP contribution in [0.3, 0.4) is 0 Å². The minimum atomic E-state index is -0.574. The van der Waals surface area contributed by atoms with Gasteiger partial charge in [0.05, 0.1) is 18.5 Å². The molecule has 0 saturated carbocycles. The van der Waals surface area contributed by atoms with Crippen molar-refractivity contribution in [2.75, 3.05) is 23.9 Å². The molecule has 4 aromatic rings. The summed E-state index contributed by atoms with van der Waals surface area (Å²) in [5.74, 6) is 1.06. The number of aromatic nitrogens is 6. The summed E-state index contributed by atoms with van der Waals surface area (Å²) in [4.78, 5) is 28.1. The summed E-state index contributed by atoms with van der Waals surface area (Å²) in [6.07, 6.45) is 7.42. The van der Waals surface area contributed by atoms with Crippen molar-refractivity contribution in [3.05, 3.63) is 60.7 Å². The lowest BCUT2D eigenvalue weighted by Crippen LogP contribution is -2.38. The number of pyridine rings is 1. The second-order valence-electron chi connectivity index (χ2n) is 8.92. The average molecular weight is 479 g/mol. The van der Waals surface area contributed by atoms with E-state index >= 15 is 0 Å². The Hall–Kier alpha value is -3.86. The minimum Gasteiger partial charge on any atom is -0.380 e. The molecule has 0 amide bonds. The first-order valence-electron chi connectivity index (χ1n) is 11.5. The molecule has 1 aliphatic rings. The van der Waals surface area contributed by atoms with E-state index in [0.29, 0.717) is 36.1 Å². The molecule has 182 valence electrons. The number of nitrogens with one attached hydrogen (secondary N) is 1. The van der Waals surface area contributed by atoms with Gasteiger partial charge in [0, 0.05) is 51.1 Å². The van der Waals surface area contributed by atoms with Gasteiger partial charge in [-0.05, 0) is 37.6 Å². The van der Waals surface area contributed by atoms with E-state index in [0.717, 1.165) is 5.52 Å². The smallest absolute Gasteiger partial charge is 0.246 e. The van der Waals surface area contributed by atoms with Crippen molar-refractivity contribution in [3.63, 3.8) is 0 Å². The Balaban J connectivity index is 1.45. The Morgan fingerprint density at radius 2 is 2.14 bits per heavy atom. The van der Waals surface area contributed by atoms with Crippen LogP contribution >= 0.6 is 0 Å². The van der Waals surface area contributed by atoms with Crippen molar-refractivity contribution in [2.45, 2.75) is 44.9 Å². The first kappa shape index (κ1) is 22.9. The number of anilines is 3. The van der Waals surface area contributed by atoms with Crippen LogP contribution in [0.25, 0.3) is 5.52 Å². The zero-order valence-corrected chi connectivity index (χ0v) is 19.8. The van der Waals surface area contributed by atoms with Crippen molar-refractivity contribution in [1.29, 1.82) is 0 Å². The van der Waals surface area contributed by atoms with Crippen LogP contribution in [0.2, 0.25) is 0 Å². The van der Waals surface area contributed by atoms with Crippen molar-refractivity contribution < 1.29 is 13.9 Å². The number of carbonyl (C=O) groups excluding carboxylic acids is 1. The number of methoxy groups -OCH3 is 1. The minimum absolute atomic E-state index is 0.0284. The van der Waals surface area contributed by atoms with E-state index < -0.39 is 12.0 Å². The molecule has 0 spiro atoms. The first-order valence-corrected chi connectivity index (χ1v) is 11.5. The van der Waals surface area contributed by atoms with Gasteiger partial charge >= 0.3 is 0 Å².